The minimum Gasteiger partial charge on any atom is -0.493 e. The Morgan fingerprint density at radius 1 is 1.13 bits per heavy atom. The van der Waals surface area contributed by atoms with E-state index in [4.69, 9.17) is 25.8 Å². The number of hydrogen-bond acceptors (Lipinski definition) is 5. The van der Waals surface area contributed by atoms with Gasteiger partial charge in [0.05, 0.1) is 33.8 Å². The molecule has 8 heteroatoms. The van der Waals surface area contributed by atoms with Crippen molar-refractivity contribution in [2.75, 3.05) is 33.2 Å². The first-order valence-corrected chi connectivity index (χ1v) is 9.91. The highest BCUT2D eigenvalue weighted by molar-refractivity contribution is 6.31. The summed E-state index contributed by atoms with van der Waals surface area (Å²) in [6, 6.07) is 8.24. The zero-order valence-corrected chi connectivity index (χ0v) is 18.2. The van der Waals surface area contributed by atoms with E-state index in [2.05, 4.69) is 5.32 Å². The molecule has 1 atom stereocenters. The van der Waals surface area contributed by atoms with Crippen molar-refractivity contribution in [3.05, 3.63) is 52.0 Å². The molecule has 0 radical (unpaired) electrons. The van der Waals surface area contributed by atoms with Crippen LogP contribution in [0.1, 0.15) is 29.2 Å². The van der Waals surface area contributed by atoms with Gasteiger partial charge in [-0.05, 0) is 54.3 Å². The van der Waals surface area contributed by atoms with Gasteiger partial charge < -0.3 is 24.4 Å². The number of nitrogens with one attached hydrogen (secondary N) is 1. The molecular weight excluding hydrogens is 408 g/mol. The van der Waals surface area contributed by atoms with Crippen LogP contribution in [0.5, 0.6) is 11.5 Å². The first-order chi connectivity index (χ1) is 14.4. The van der Waals surface area contributed by atoms with Gasteiger partial charge >= 0.3 is 12.0 Å². The van der Waals surface area contributed by atoms with Gasteiger partial charge in [0.1, 0.15) is 0 Å². The molecule has 2 aromatic carbocycles. The third kappa shape index (κ3) is 4.46. The van der Waals surface area contributed by atoms with Crippen molar-refractivity contribution >= 4 is 29.3 Å². The van der Waals surface area contributed by atoms with Gasteiger partial charge in [0, 0.05) is 17.3 Å². The van der Waals surface area contributed by atoms with E-state index in [-0.39, 0.29) is 12.5 Å². The Bertz CT molecular complexity index is 963. The highest BCUT2D eigenvalue weighted by Gasteiger charge is 2.34. The Balaban J connectivity index is 1.94. The van der Waals surface area contributed by atoms with Gasteiger partial charge in [-0.25, -0.2) is 4.79 Å². The quantitative estimate of drug-likeness (QED) is 0.710. The van der Waals surface area contributed by atoms with E-state index in [1.165, 1.54) is 7.11 Å². The molecule has 0 fully saturated rings. The number of urea groups is 1. The third-order valence-corrected chi connectivity index (χ3v) is 5.68. The minimum absolute atomic E-state index is 0.0288. The fraction of sp³-hybridized carbons (Fsp3) is 0.364. The standard InChI is InChI=1S/C22H25ClN2O5/c1-13-5-6-15(10-17(13)23)24-22(27)25-8-7-14-9-19(28-2)20(29-3)11-16(14)18(25)12-21(26)30-4/h5-6,9-11,18H,7-8,12H2,1-4H3,(H,24,27)/t18-/m1/s1. The van der Waals surface area contributed by atoms with Gasteiger partial charge in [-0.15, -0.1) is 0 Å². The second kappa shape index (κ2) is 9.26. The molecule has 160 valence electrons. The van der Waals surface area contributed by atoms with Crippen molar-refractivity contribution in [2.24, 2.45) is 0 Å². The van der Waals surface area contributed by atoms with Crippen LogP contribution in [-0.4, -0.2) is 44.8 Å². The number of anilines is 1. The summed E-state index contributed by atoms with van der Waals surface area (Å²) in [5.41, 5.74) is 3.35. The van der Waals surface area contributed by atoms with Crippen molar-refractivity contribution in [1.29, 1.82) is 0 Å². The lowest BCUT2D eigenvalue weighted by Gasteiger charge is -2.37. The number of ether oxygens (including phenoxy) is 3. The lowest BCUT2D eigenvalue weighted by molar-refractivity contribution is -0.141. The predicted octanol–water partition coefficient (Wildman–Crippen LogP) is 4.36. The maximum absolute atomic E-state index is 13.1. The molecular formula is C22H25ClN2O5. The zero-order chi connectivity index (χ0) is 21.8. The van der Waals surface area contributed by atoms with Gasteiger partial charge in [-0.3, -0.25) is 4.79 Å². The lowest BCUT2D eigenvalue weighted by Crippen LogP contribution is -2.43. The van der Waals surface area contributed by atoms with Crippen LogP contribution in [0.3, 0.4) is 0 Å². The lowest BCUT2D eigenvalue weighted by atomic mass is 9.90. The van der Waals surface area contributed by atoms with Crippen molar-refractivity contribution < 1.29 is 23.8 Å². The number of esters is 1. The second-order valence-corrected chi connectivity index (χ2v) is 7.45. The van der Waals surface area contributed by atoms with Crippen LogP contribution < -0.4 is 14.8 Å². The molecule has 7 nitrogen and oxygen atoms in total. The molecule has 0 saturated carbocycles. The number of benzene rings is 2. The maximum Gasteiger partial charge on any atom is 0.322 e. The Morgan fingerprint density at radius 2 is 1.83 bits per heavy atom. The molecule has 1 N–H and O–H groups in total. The van der Waals surface area contributed by atoms with Gasteiger partial charge in [-0.2, -0.15) is 0 Å². The van der Waals surface area contributed by atoms with Crippen LogP contribution in [0.25, 0.3) is 0 Å². The largest absolute Gasteiger partial charge is 0.493 e. The molecule has 0 aliphatic carbocycles. The molecule has 0 saturated heterocycles. The minimum atomic E-state index is -0.498. The SMILES string of the molecule is COC(=O)C[C@@H]1c2cc(OC)c(OC)cc2CCN1C(=O)Nc1ccc(C)c(Cl)c1. The molecule has 2 aromatic rings. The summed E-state index contributed by atoms with van der Waals surface area (Å²) < 4.78 is 15.7. The summed E-state index contributed by atoms with van der Waals surface area (Å²) in [5, 5.41) is 3.45. The van der Waals surface area contributed by atoms with Gasteiger partial charge in [-0.1, -0.05) is 17.7 Å². The third-order valence-electron chi connectivity index (χ3n) is 5.27. The van der Waals surface area contributed by atoms with E-state index >= 15 is 0 Å². The number of rotatable bonds is 5. The van der Waals surface area contributed by atoms with Crippen LogP contribution in [-0.2, 0) is 16.0 Å². The van der Waals surface area contributed by atoms with Crippen LogP contribution in [0.4, 0.5) is 10.5 Å². The molecule has 2 amide bonds. The van der Waals surface area contributed by atoms with Crippen LogP contribution in [0.15, 0.2) is 30.3 Å². The molecule has 0 bridgehead atoms. The summed E-state index contributed by atoms with van der Waals surface area (Å²) in [7, 11) is 4.46. The van der Waals surface area contributed by atoms with E-state index in [0.717, 1.165) is 16.7 Å². The Morgan fingerprint density at radius 3 is 2.47 bits per heavy atom. The van der Waals surface area contributed by atoms with Crippen LogP contribution >= 0.6 is 11.6 Å². The smallest absolute Gasteiger partial charge is 0.322 e. The number of carbonyl (C=O) groups excluding carboxylic acids is 2. The molecule has 1 heterocycles. The number of fused-ring (bicyclic) bond motifs is 1. The highest BCUT2D eigenvalue weighted by Crippen LogP contribution is 2.39. The number of amides is 2. The van der Waals surface area contributed by atoms with E-state index in [0.29, 0.717) is 35.2 Å². The van der Waals surface area contributed by atoms with Crippen LogP contribution in [0, 0.1) is 6.92 Å². The number of aryl methyl sites for hydroxylation is 1. The molecule has 0 unspecified atom stereocenters. The second-order valence-electron chi connectivity index (χ2n) is 7.04. The van der Waals surface area contributed by atoms with Gasteiger partial charge in [0.25, 0.3) is 0 Å². The summed E-state index contributed by atoms with van der Waals surface area (Å²) in [6.45, 7) is 2.33. The number of halogens is 1. The van der Waals surface area contributed by atoms with E-state index in [9.17, 15) is 9.59 Å². The summed E-state index contributed by atoms with van der Waals surface area (Å²) in [6.07, 6.45) is 0.649. The first kappa shape index (κ1) is 21.8. The molecule has 1 aliphatic heterocycles. The predicted molar refractivity (Wildman–Crippen MR) is 115 cm³/mol. The Hall–Kier alpha value is -2.93. The summed E-state index contributed by atoms with van der Waals surface area (Å²) >= 11 is 6.18. The van der Waals surface area contributed by atoms with Crippen molar-refractivity contribution in [3.63, 3.8) is 0 Å². The normalized spacial score (nSPS) is 15.2. The molecule has 30 heavy (non-hydrogen) atoms. The monoisotopic (exact) mass is 432 g/mol. The Labute approximate surface area is 180 Å². The van der Waals surface area contributed by atoms with Crippen molar-refractivity contribution in [3.8, 4) is 11.5 Å². The topological polar surface area (TPSA) is 77.1 Å². The van der Waals surface area contributed by atoms with E-state index < -0.39 is 12.0 Å². The van der Waals surface area contributed by atoms with Crippen molar-refractivity contribution in [2.45, 2.75) is 25.8 Å². The summed E-state index contributed by atoms with van der Waals surface area (Å²) in [5.74, 6) is 0.748. The average molecular weight is 433 g/mol. The fourth-order valence-electron chi connectivity index (χ4n) is 3.60. The fourth-order valence-corrected chi connectivity index (χ4v) is 3.78. The van der Waals surface area contributed by atoms with E-state index in [1.807, 2.05) is 25.1 Å². The maximum atomic E-state index is 13.1. The molecule has 1 aliphatic rings. The number of carbonyl (C=O) groups is 2. The average Bonchev–Trinajstić information content (AvgIpc) is 2.75. The highest BCUT2D eigenvalue weighted by atomic mass is 35.5. The number of hydrogen-bond donors (Lipinski definition) is 1. The number of nitrogens with zero attached hydrogens (tertiary/aromatic N) is 1. The Kier molecular flexibility index (Phi) is 6.72. The number of methoxy groups -OCH3 is 3. The zero-order valence-electron chi connectivity index (χ0n) is 17.5. The van der Waals surface area contributed by atoms with Gasteiger partial charge in [0.15, 0.2) is 11.5 Å². The molecule has 0 spiro atoms. The van der Waals surface area contributed by atoms with E-state index in [1.54, 1.807) is 31.3 Å². The summed E-state index contributed by atoms with van der Waals surface area (Å²) in [4.78, 5) is 26.9. The molecule has 0 aromatic heterocycles. The van der Waals surface area contributed by atoms with Gasteiger partial charge in [0.2, 0.25) is 0 Å². The molecule has 3 rings (SSSR count). The van der Waals surface area contributed by atoms with Crippen molar-refractivity contribution in [1.82, 2.24) is 4.90 Å². The first-order valence-electron chi connectivity index (χ1n) is 9.53. The van der Waals surface area contributed by atoms with Crippen LogP contribution in [0.2, 0.25) is 5.02 Å².